The molecule has 0 aromatic carbocycles. The van der Waals surface area contributed by atoms with Crippen LogP contribution >= 0.6 is 11.6 Å². The van der Waals surface area contributed by atoms with Crippen molar-refractivity contribution in [2.75, 3.05) is 0 Å². The van der Waals surface area contributed by atoms with Crippen LogP contribution in [0.1, 0.15) is 19.4 Å². The smallest absolute Gasteiger partial charge is 0.173 e. The van der Waals surface area contributed by atoms with Crippen molar-refractivity contribution in [3.8, 4) is 5.82 Å². The van der Waals surface area contributed by atoms with Gasteiger partial charge in [-0.25, -0.2) is 14.6 Å². The number of hydrogen-bond acceptors (Lipinski definition) is 4. The Bertz CT molecular complexity index is 481. The van der Waals surface area contributed by atoms with E-state index in [0.717, 1.165) is 12.1 Å². The number of pyridine rings is 1. The summed E-state index contributed by atoms with van der Waals surface area (Å²) < 4.78 is 1.54. The number of rotatable bonds is 4. The Labute approximate surface area is 105 Å². The Balaban J connectivity index is 2.17. The Morgan fingerprint density at radius 1 is 1.47 bits per heavy atom. The number of nitrogens with one attached hydrogen (secondary N) is 1. The van der Waals surface area contributed by atoms with Crippen molar-refractivity contribution in [1.29, 1.82) is 0 Å². The van der Waals surface area contributed by atoms with E-state index >= 15 is 0 Å². The maximum absolute atomic E-state index is 6.16. The molecule has 0 bridgehead atoms. The third kappa shape index (κ3) is 3.01. The van der Waals surface area contributed by atoms with Crippen molar-refractivity contribution < 1.29 is 0 Å². The normalized spacial score (nSPS) is 11.1. The summed E-state index contributed by atoms with van der Waals surface area (Å²) in [7, 11) is 0. The Morgan fingerprint density at radius 2 is 2.29 bits per heavy atom. The molecule has 2 aromatic heterocycles. The predicted molar refractivity (Wildman–Crippen MR) is 66.1 cm³/mol. The molecule has 90 valence electrons. The molecule has 1 N–H and O–H groups in total. The summed E-state index contributed by atoms with van der Waals surface area (Å²) in [5, 5.41) is 7.87. The van der Waals surface area contributed by atoms with E-state index in [2.05, 4.69) is 34.2 Å². The summed E-state index contributed by atoms with van der Waals surface area (Å²) in [6.07, 6.45) is 4.81. The van der Waals surface area contributed by atoms with Gasteiger partial charge in [-0.05, 0) is 11.6 Å². The molecule has 0 saturated heterocycles. The molecule has 17 heavy (non-hydrogen) atoms. The summed E-state index contributed by atoms with van der Waals surface area (Å²) in [6.45, 7) is 4.94. The van der Waals surface area contributed by atoms with Gasteiger partial charge in [-0.2, -0.15) is 5.10 Å². The summed E-state index contributed by atoms with van der Waals surface area (Å²) in [4.78, 5) is 8.15. The minimum atomic E-state index is 0.434. The summed E-state index contributed by atoms with van der Waals surface area (Å²) >= 11 is 6.16. The van der Waals surface area contributed by atoms with Crippen LogP contribution in [0.2, 0.25) is 5.02 Å². The third-order valence-corrected chi connectivity index (χ3v) is 2.51. The van der Waals surface area contributed by atoms with Crippen LogP contribution in [0.25, 0.3) is 5.82 Å². The van der Waals surface area contributed by atoms with Crippen LogP contribution in [0.15, 0.2) is 24.9 Å². The fourth-order valence-corrected chi connectivity index (χ4v) is 1.65. The van der Waals surface area contributed by atoms with Crippen LogP contribution in [-0.4, -0.2) is 25.8 Å². The number of hydrogen-bond donors (Lipinski definition) is 1. The molecule has 0 spiro atoms. The Hall–Kier alpha value is -1.46. The van der Waals surface area contributed by atoms with Gasteiger partial charge in [-0.1, -0.05) is 25.4 Å². The summed E-state index contributed by atoms with van der Waals surface area (Å²) in [5.74, 6) is 0.595. The predicted octanol–water partition coefficient (Wildman–Crippen LogP) is 1.81. The molecule has 0 aliphatic heterocycles. The monoisotopic (exact) mass is 251 g/mol. The highest BCUT2D eigenvalue weighted by atomic mass is 35.5. The third-order valence-electron chi connectivity index (χ3n) is 2.23. The van der Waals surface area contributed by atoms with Gasteiger partial charge in [-0.3, -0.25) is 0 Å². The van der Waals surface area contributed by atoms with Gasteiger partial charge in [0.2, 0.25) is 0 Å². The van der Waals surface area contributed by atoms with E-state index in [0.29, 0.717) is 16.9 Å². The highest BCUT2D eigenvalue weighted by Crippen LogP contribution is 2.18. The van der Waals surface area contributed by atoms with Gasteiger partial charge in [0.1, 0.15) is 12.7 Å². The van der Waals surface area contributed by atoms with Gasteiger partial charge in [0.25, 0.3) is 0 Å². The van der Waals surface area contributed by atoms with Gasteiger partial charge in [0.05, 0.1) is 5.02 Å². The maximum Gasteiger partial charge on any atom is 0.173 e. The van der Waals surface area contributed by atoms with Crippen LogP contribution in [-0.2, 0) is 6.54 Å². The Morgan fingerprint density at radius 3 is 2.88 bits per heavy atom. The largest absolute Gasteiger partial charge is 0.310 e. The number of aromatic nitrogens is 4. The lowest BCUT2D eigenvalue weighted by molar-refractivity contribution is 0.587. The summed E-state index contributed by atoms with van der Waals surface area (Å²) in [5.41, 5.74) is 1.05. The average Bonchev–Trinajstić information content (AvgIpc) is 2.79. The zero-order valence-corrected chi connectivity index (χ0v) is 10.5. The van der Waals surface area contributed by atoms with Gasteiger partial charge in [-0.15, -0.1) is 0 Å². The zero-order valence-electron chi connectivity index (χ0n) is 9.76. The maximum atomic E-state index is 6.16. The minimum absolute atomic E-state index is 0.434. The lowest BCUT2D eigenvalue weighted by Gasteiger charge is -2.09. The molecule has 6 heteroatoms. The molecule has 0 radical (unpaired) electrons. The SMILES string of the molecule is CC(C)NCc1cnc(-n2cncn2)c(Cl)c1. The standard InChI is InChI=1S/C11H14ClN5/c1-8(2)14-4-9-3-10(12)11(15-5-9)17-7-13-6-16-17/h3,5-8,14H,4H2,1-2H3. The van der Waals surface area contributed by atoms with Gasteiger partial charge >= 0.3 is 0 Å². The van der Waals surface area contributed by atoms with Crippen molar-refractivity contribution in [3.05, 3.63) is 35.5 Å². The molecule has 0 amide bonds. The van der Waals surface area contributed by atoms with E-state index in [-0.39, 0.29) is 0 Å². The highest BCUT2D eigenvalue weighted by Gasteiger charge is 2.06. The van der Waals surface area contributed by atoms with Crippen molar-refractivity contribution in [2.45, 2.75) is 26.4 Å². The minimum Gasteiger partial charge on any atom is -0.310 e. The molecular formula is C11H14ClN5. The lowest BCUT2D eigenvalue weighted by Crippen LogP contribution is -2.22. The van der Waals surface area contributed by atoms with Crippen molar-refractivity contribution in [3.63, 3.8) is 0 Å². The van der Waals surface area contributed by atoms with Gasteiger partial charge < -0.3 is 5.32 Å². The first-order valence-electron chi connectivity index (χ1n) is 5.39. The molecule has 0 aliphatic rings. The van der Waals surface area contributed by atoms with Crippen LogP contribution in [0.5, 0.6) is 0 Å². The zero-order chi connectivity index (χ0) is 12.3. The molecule has 0 fully saturated rings. The van der Waals surface area contributed by atoms with E-state index in [1.54, 1.807) is 17.2 Å². The molecule has 0 unspecified atom stereocenters. The highest BCUT2D eigenvalue weighted by molar-refractivity contribution is 6.32. The first-order chi connectivity index (χ1) is 8.16. The fourth-order valence-electron chi connectivity index (χ4n) is 1.38. The fraction of sp³-hybridized carbons (Fsp3) is 0.364. The number of nitrogens with zero attached hydrogens (tertiary/aromatic N) is 4. The van der Waals surface area contributed by atoms with E-state index in [4.69, 9.17) is 11.6 Å². The molecule has 0 atom stereocenters. The average molecular weight is 252 g/mol. The second kappa shape index (κ2) is 5.25. The van der Waals surface area contributed by atoms with Crippen LogP contribution in [0.3, 0.4) is 0 Å². The second-order valence-corrected chi connectivity index (χ2v) is 4.43. The Kier molecular flexibility index (Phi) is 3.71. The molecule has 0 aliphatic carbocycles. The van der Waals surface area contributed by atoms with Crippen LogP contribution < -0.4 is 5.32 Å². The van der Waals surface area contributed by atoms with Gasteiger partial charge in [0.15, 0.2) is 5.82 Å². The van der Waals surface area contributed by atoms with Crippen molar-refractivity contribution >= 4 is 11.6 Å². The second-order valence-electron chi connectivity index (χ2n) is 4.02. The van der Waals surface area contributed by atoms with E-state index in [9.17, 15) is 0 Å². The molecule has 2 heterocycles. The van der Waals surface area contributed by atoms with E-state index < -0.39 is 0 Å². The first-order valence-corrected chi connectivity index (χ1v) is 5.77. The van der Waals surface area contributed by atoms with Crippen LogP contribution in [0.4, 0.5) is 0 Å². The van der Waals surface area contributed by atoms with Crippen molar-refractivity contribution in [2.24, 2.45) is 0 Å². The first kappa shape index (κ1) is 12.0. The molecule has 2 aromatic rings. The van der Waals surface area contributed by atoms with Crippen LogP contribution in [0, 0.1) is 0 Å². The molecular weight excluding hydrogens is 238 g/mol. The van der Waals surface area contributed by atoms with Crippen molar-refractivity contribution in [1.82, 2.24) is 25.1 Å². The lowest BCUT2D eigenvalue weighted by atomic mass is 10.2. The molecule has 5 nitrogen and oxygen atoms in total. The van der Waals surface area contributed by atoms with E-state index in [1.807, 2.05) is 6.07 Å². The molecule has 0 saturated carbocycles. The quantitative estimate of drug-likeness (QED) is 0.901. The topological polar surface area (TPSA) is 55.6 Å². The summed E-state index contributed by atoms with van der Waals surface area (Å²) in [6, 6.07) is 2.32. The molecule has 2 rings (SSSR count). The van der Waals surface area contributed by atoms with Gasteiger partial charge in [0, 0.05) is 18.8 Å². The van der Waals surface area contributed by atoms with E-state index in [1.165, 1.54) is 6.33 Å². The number of halogens is 1.